The molecule has 0 aliphatic carbocycles. The quantitative estimate of drug-likeness (QED) is 0.636. The van der Waals surface area contributed by atoms with Gasteiger partial charge in [-0.1, -0.05) is 11.6 Å². The number of anilines is 1. The van der Waals surface area contributed by atoms with Gasteiger partial charge in [0.1, 0.15) is 5.69 Å². The van der Waals surface area contributed by atoms with Gasteiger partial charge >= 0.3 is 0 Å². The molecule has 0 bridgehead atoms. The van der Waals surface area contributed by atoms with E-state index in [9.17, 15) is 20.0 Å². The number of carbonyl (C=O) groups excluding carboxylic acids is 1. The third-order valence-corrected chi connectivity index (χ3v) is 3.89. The van der Waals surface area contributed by atoms with Gasteiger partial charge in [-0.15, -0.1) is 0 Å². The topological polar surface area (TPSA) is 95.7 Å². The van der Waals surface area contributed by atoms with Crippen molar-refractivity contribution in [1.82, 2.24) is 4.90 Å². The molecule has 1 atom stereocenters. The summed E-state index contributed by atoms with van der Waals surface area (Å²) in [4.78, 5) is 24.4. The number of amides is 1. The molecule has 1 aliphatic rings. The van der Waals surface area contributed by atoms with Crippen molar-refractivity contribution in [2.24, 2.45) is 5.92 Å². The summed E-state index contributed by atoms with van der Waals surface area (Å²) in [5, 5.41) is 23.0. The van der Waals surface area contributed by atoms with Gasteiger partial charge in [0.05, 0.1) is 11.5 Å². The second-order valence-electron chi connectivity index (χ2n) is 5.39. The Morgan fingerprint density at radius 1 is 1.55 bits per heavy atom. The van der Waals surface area contributed by atoms with Gasteiger partial charge in [0.2, 0.25) is 5.91 Å². The van der Waals surface area contributed by atoms with Crippen molar-refractivity contribution in [2.75, 3.05) is 31.6 Å². The van der Waals surface area contributed by atoms with E-state index >= 15 is 0 Å². The van der Waals surface area contributed by atoms with Gasteiger partial charge in [-0.05, 0) is 37.4 Å². The van der Waals surface area contributed by atoms with Crippen LogP contribution in [0.2, 0.25) is 5.02 Å². The maximum absolute atomic E-state index is 12.1. The number of hydrogen-bond acceptors (Lipinski definition) is 5. The minimum absolute atomic E-state index is 0.0956. The molecule has 1 aromatic rings. The zero-order valence-electron chi connectivity index (χ0n) is 12.0. The smallest absolute Gasteiger partial charge is 0.292 e. The molecule has 1 aromatic carbocycles. The van der Waals surface area contributed by atoms with Crippen LogP contribution >= 0.6 is 11.6 Å². The molecule has 120 valence electrons. The van der Waals surface area contributed by atoms with E-state index in [1.807, 2.05) is 4.90 Å². The van der Waals surface area contributed by atoms with Crippen LogP contribution in [-0.4, -0.2) is 47.1 Å². The Morgan fingerprint density at radius 3 is 3.00 bits per heavy atom. The highest BCUT2D eigenvalue weighted by Crippen LogP contribution is 2.27. The van der Waals surface area contributed by atoms with Crippen LogP contribution in [0.15, 0.2) is 18.2 Å². The van der Waals surface area contributed by atoms with Crippen molar-refractivity contribution in [1.29, 1.82) is 0 Å². The van der Waals surface area contributed by atoms with Crippen LogP contribution < -0.4 is 5.32 Å². The molecule has 1 aliphatic heterocycles. The van der Waals surface area contributed by atoms with Crippen LogP contribution in [0.1, 0.15) is 12.8 Å². The van der Waals surface area contributed by atoms with Gasteiger partial charge in [0.15, 0.2) is 0 Å². The summed E-state index contributed by atoms with van der Waals surface area (Å²) in [6, 6.07) is 4.04. The van der Waals surface area contributed by atoms with E-state index in [1.165, 1.54) is 18.2 Å². The predicted molar refractivity (Wildman–Crippen MR) is 83.0 cm³/mol. The molecule has 0 saturated carbocycles. The first kappa shape index (κ1) is 16.7. The number of carbonyl (C=O) groups is 1. The molecule has 22 heavy (non-hydrogen) atoms. The fraction of sp³-hybridized carbons (Fsp3) is 0.500. The Balaban J connectivity index is 2.00. The molecule has 0 radical (unpaired) electrons. The van der Waals surface area contributed by atoms with Gasteiger partial charge in [0, 0.05) is 24.2 Å². The number of nitro benzene ring substituents is 1. The summed E-state index contributed by atoms with van der Waals surface area (Å²) in [7, 11) is 0. The van der Waals surface area contributed by atoms with Crippen LogP contribution in [0.25, 0.3) is 0 Å². The average Bonchev–Trinajstić information content (AvgIpc) is 2.47. The number of hydrogen-bond donors (Lipinski definition) is 2. The van der Waals surface area contributed by atoms with Crippen LogP contribution in [0.5, 0.6) is 0 Å². The number of likely N-dealkylation sites (tertiary alicyclic amines) is 1. The molecule has 1 fully saturated rings. The number of nitrogens with zero attached hydrogens (tertiary/aromatic N) is 2. The Hall–Kier alpha value is -1.70. The molecular weight excluding hydrogens is 310 g/mol. The van der Waals surface area contributed by atoms with E-state index in [2.05, 4.69) is 5.32 Å². The number of nitro groups is 1. The second-order valence-corrected chi connectivity index (χ2v) is 5.83. The lowest BCUT2D eigenvalue weighted by molar-refractivity contribution is -0.383. The maximum Gasteiger partial charge on any atom is 0.292 e. The lowest BCUT2D eigenvalue weighted by Crippen LogP contribution is -2.41. The van der Waals surface area contributed by atoms with Crippen LogP contribution in [0.3, 0.4) is 0 Å². The van der Waals surface area contributed by atoms with Crippen LogP contribution in [0, 0.1) is 16.0 Å². The number of piperidine rings is 1. The minimum atomic E-state index is -0.561. The van der Waals surface area contributed by atoms with E-state index in [1.54, 1.807) is 0 Å². The number of benzene rings is 1. The second kappa shape index (κ2) is 7.53. The fourth-order valence-corrected chi connectivity index (χ4v) is 2.78. The van der Waals surface area contributed by atoms with Crippen molar-refractivity contribution in [3.63, 3.8) is 0 Å². The highest BCUT2D eigenvalue weighted by Gasteiger charge is 2.22. The third kappa shape index (κ3) is 4.40. The molecule has 1 heterocycles. The zero-order chi connectivity index (χ0) is 16.1. The molecule has 2 N–H and O–H groups in total. The molecule has 1 amide bonds. The Labute approximate surface area is 133 Å². The van der Waals surface area contributed by atoms with Crippen LogP contribution in [-0.2, 0) is 4.79 Å². The van der Waals surface area contributed by atoms with Crippen molar-refractivity contribution in [2.45, 2.75) is 12.8 Å². The van der Waals surface area contributed by atoms with Crippen molar-refractivity contribution < 1.29 is 14.8 Å². The van der Waals surface area contributed by atoms with Crippen molar-refractivity contribution in [3.8, 4) is 0 Å². The summed E-state index contributed by atoms with van der Waals surface area (Å²) in [6.07, 6.45) is 1.88. The third-order valence-electron chi connectivity index (χ3n) is 3.66. The first-order valence-corrected chi connectivity index (χ1v) is 7.44. The van der Waals surface area contributed by atoms with E-state index in [0.717, 1.165) is 19.4 Å². The van der Waals surface area contributed by atoms with Crippen molar-refractivity contribution >= 4 is 28.9 Å². The Kier molecular flexibility index (Phi) is 5.70. The number of nitrogens with one attached hydrogen (secondary N) is 1. The number of halogens is 1. The maximum atomic E-state index is 12.1. The zero-order valence-corrected chi connectivity index (χ0v) is 12.8. The number of aliphatic hydroxyl groups excluding tert-OH is 1. The van der Waals surface area contributed by atoms with E-state index < -0.39 is 4.92 Å². The lowest BCUT2D eigenvalue weighted by Gasteiger charge is -2.31. The molecule has 8 heteroatoms. The fourth-order valence-electron chi connectivity index (χ4n) is 2.60. The lowest BCUT2D eigenvalue weighted by atomic mass is 9.99. The standard InChI is InChI=1S/C14H18ClN3O4/c15-11-3-4-13(18(21)22)12(6-11)16-14(20)8-17-5-1-2-10(7-17)9-19/h3-4,6,10,19H,1-2,5,7-9H2,(H,16,20). The van der Waals surface area contributed by atoms with E-state index in [-0.39, 0.29) is 36.4 Å². The molecular formula is C14H18ClN3O4. The summed E-state index contributed by atoms with van der Waals surface area (Å²) in [5.41, 5.74) is -0.0946. The average molecular weight is 328 g/mol. The highest BCUT2D eigenvalue weighted by atomic mass is 35.5. The highest BCUT2D eigenvalue weighted by molar-refractivity contribution is 6.31. The monoisotopic (exact) mass is 327 g/mol. The largest absolute Gasteiger partial charge is 0.396 e. The molecule has 0 aromatic heterocycles. The van der Waals surface area contributed by atoms with Crippen LogP contribution in [0.4, 0.5) is 11.4 Å². The number of aliphatic hydroxyl groups is 1. The summed E-state index contributed by atoms with van der Waals surface area (Å²) in [6.45, 7) is 1.68. The first-order chi connectivity index (χ1) is 10.5. The summed E-state index contributed by atoms with van der Waals surface area (Å²) < 4.78 is 0. The van der Waals surface area contributed by atoms with Gasteiger partial charge in [0.25, 0.3) is 5.69 Å². The predicted octanol–water partition coefficient (Wildman–Crippen LogP) is 1.89. The van der Waals surface area contributed by atoms with Gasteiger partial charge < -0.3 is 10.4 Å². The van der Waals surface area contributed by atoms with Gasteiger partial charge in [-0.3, -0.25) is 19.8 Å². The molecule has 1 saturated heterocycles. The van der Waals surface area contributed by atoms with E-state index in [4.69, 9.17) is 11.6 Å². The van der Waals surface area contributed by atoms with Crippen molar-refractivity contribution in [3.05, 3.63) is 33.3 Å². The molecule has 0 spiro atoms. The Morgan fingerprint density at radius 2 is 2.32 bits per heavy atom. The summed E-state index contributed by atoms with van der Waals surface area (Å²) >= 11 is 5.82. The SMILES string of the molecule is O=C(CN1CCCC(CO)C1)Nc1cc(Cl)ccc1[N+](=O)[O-]. The van der Waals surface area contributed by atoms with Gasteiger partial charge in [-0.25, -0.2) is 0 Å². The van der Waals surface area contributed by atoms with E-state index in [0.29, 0.717) is 11.6 Å². The minimum Gasteiger partial charge on any atom is -0.396 e. The normalized spacial score (nSPS) is 18.9. The summed E-state index contributed by atoms with van der Waals surface area (Å²) in [5.74, 6) is -0.147. The molecule has 1 unspecified atom stereocenters. The molecule has 2 rings (SSSR count). The number of rotatable bonds is 5. The molecule has 7 nitrogen and oxygen atoms in total. The first-order valence-electron chi connectivity index (χ1n) is 7.06. The van der Waals surface area contributed by atoms with Gasteiger partial charge in [-0.2, -0.15) is 0 Å². The Bertz CT molecular complexity index is 567.